The van der Waals surface area contributed by atoms with Crippen molar-refractivity contribution in [2.45, 2.75) is 44.4 Å². The molecule has 0 nitrogen and oxygen atoms in total. The Labute approximate surface area is 98.1 Å². The van der Waals surface area contributed by atoms with Crippen molar-refractivity contribution < 1.29 is 0 Å². The predicted octanol–water partition coefficient (Wildman–Crippen LogP) is 4.07. The standard InChI is InChI=1S/C16H20/c1-11-2-4-15(5-3-11)16-8-12-6-13(9-16)14(7-12)10-16/h2-5,12-14H,6-10H2,1H3. The van der Waals surface area contributed by atoms with Crippen LogP contribution in [0.4, 0.5) is 0 Å². The van der Waals surface area contributed by atoms with Gasteiger partial charge < -0.3 is 0 Å². The normalized spacial score (nSPS) is 44.2. The van der Waals surface area contributed by atoms with Gasteiger partial charge in [0, 0.05) is 0 Å². The van der Waals surface area contributed by atoms with Gasteiger partial charge in [0.25, 0.3) is 0 Å². The Balaban J connectivity index is 1.75. The van der Waals surface area contributed by atoms with Crippen molar-refractivity contribution in [3.8, 4) is 0 Å². The highest BCUT2D eigenvalue weighted by Crippen LogP contribution is 2.64. The summed E-state index contributed by atoms with van der Waals surface area (Å²) >= 11 is 0. The average molecular weight is 212 g/mol. The Morgan fingerprint density at radius 3 is 2.12 bits per heavy atom. The first-order valence-corrected chi connectivity index (χ1v) is 6.82. The van der Waals surface area contributed by atoms with Gasteiger partial charge in [-0.05, 0) is 67.8 Å². The smallest absolute Gasteiger partial charge is 0.00389 e. The van der Waals surface area contributed by atoms with Crippen molar-refractivity contribution in [3.63, 3.8) is 0 Å². The molecule has 4 saturated carbocycles. The molecule has 4 bridgehead atoms. The lowest BCUT2D eigenvalue weighted by molar-refractivity contribution is 0.229. The van der Waals surface area contributed by atoms with Gasteiger partial charge in [-0.3, -0.25) is 0 Å². The molecule has 0 heterocycles. The van der Waals surface area contributed by atoms with E-state index in [0.29, 0.717) is 5.41 Å². The third-order valence-corrected chi connectivity index (χ3v) is 5.59. The first kappa shape index (κ1) is 9.27. The molecule has 16 heavy (non-hydrogen) atoms. The topological polar surface area (TPSA) is 0 Å². The van der Waals surface area contributed by atoms with Crippen LogP contribution in [0.2, 0.25) is 0 Å². The molecule has 5 rings (SSSR count). The second kappa shape index (κ2) is 2.91. The van der Waals surface area contributed by atoms with Gasteiger partial charge in [0.2, 0.25) is 0 Å². The fourth-order valence-corrected chi connectivity index (χ4v) is 5.07. The van der Waals surface area contributed by atoms with Gasteiger partial charge >= 0.3 is 0 Å². The second-order valence-corrected chi connectivity index (χ2v) is 6.62. The van der Waals surface area contributed by atoms with Crippen LogP contribution in [0.5, 0.6) is 0 Å². The molecular weight excluding hydrogens is 192 g/mol. The maximum Gasteiger partial charge on any atom is -0.00389 e. The lowest BCUT2D eigenvalue weighted by Crippen LogP contribution is -2.31. The molecule has 2 atom stereocenters. The lowest BCUT2D eigenvalue weighted by Gasteiger charge is -2.39. The highest BCUT2D eigenvalue weighted by atomic mass is 14.6. The average Bonchev–Trinajstić information content (AvgIpc) is 2.68. The van der Waals surface area contributed by atoms with E-state index < -0.39 is 0 Å². The van der Waals surface area contributed by atoms with E-state index in [1.54, 1.807) is 18.4 Å². The van der Waals surface area contributed by atoms with Gasteiger partial charge in [-0.15, -0.1) is 0 Å². The summed E-state index contributed by atoms with van der Waals surface area (Å²) in [6.07, 6.45) is 7.59. The molecule has 0 amide bonds. The summed E-state index contributed by atoms with van der Waals surface area (Å²) in [5.41, 5.74) is 3.65. The van der Waals surface area contributed by atoms with Crippen molar-refractivity contribution in [1.29, 1.82) is 0 Å². The summed E-state index contributed by atoms with van der Waals surface area (Å²) in [5.74, 6) is 3.24. The molecule has 1 aromatic rings. The minimum Gasteiger partial charge on any atom is -0.0590 e. The fourth-order valence-electron chi connectivity index (χ4n) is 5.07. The number of rotatable bonds is 1. The van der Waals surface area contributed by atoms with Crippen LogP contribution in [0.1, 0.15) is 43.2 Å². The highest BCUT2D eigenvalue weighted by Gasteiger charge is 2.56. The monoisotopic (exact) mass is 212 g/mol. The van der Waals surface area contributed by atoms with E-state index >= 15 is 0 Å². The number of benzene rings is 1. The number of hydrogen-bond donors (Lipinski definition) is 0. The van der Waals surface area contributed by atoms with Crippen LogP contribution < -0.4 is 0 Å². The zero-order valence-corrected chi connectivity index (χ0v) is 10.1. The largest absolute Gasteiger partial charge is 0.0590 e. The van der Waals surface area contributed by atoms with Crippen molar-refractivity contribution in [2.24, 2.45) is 17.8 Å². The molecular formula is C16H20. The molecule has 2 unspecified atom stereocenters. The van der Waals surface area contributed by atoms with E-state index in [4.69, 9.17) is 0 Å². The van der Waals surface area contributed by atoms with Crippen LogP contribution in [0.15, 0.2) is 24.3 Å². The molecule has 0 N–H and O–H groups in total. The van der Waals surface area contributed by atoms with E-state index in [0.717, 1.165) is 17.8 Å². The van der Waals surface area contributed by atoms with Crippen molar-refractivity contribution in [3.05, 3.63) is 35.4 Å². The van der Waals surface area contributed by atoms with Crippen LogP contribution in [-0.2, 0) is 5.41 Å². The molecule has 4 aliphatic rings. The highest BCUT2D eigenvalue weighted by molar-refractivity contribution is 5.32. The van der Waals surface area contributed by atoms with Gasteiger partial charge in [-0.25, -0.2) is 0 Å². The summed E-state index contributed by atoms with van der Waals surface area (Å²) < 4.78 is 0. The van der Waals surface area contributed by atoms with E-state index in [9.17, 15) is 0 Å². The summed E-state index contributed by atoms with van der Waals surface area (Å²) in [5, 5.41) is 0. The van der Waals surface area contributed by atoms with Crippen LogP contribution in [0.3, 0.4) is 0 Å². The third-order valence-electron chi connectivity index (χ3n) is 5.59. The van der Waals surface area contributed by atoms with E-state index in [2.05, 4.69) is 31.2 Å². The van der Waals surface area contributed by atoms with Gasteiger partial charge in [-0.2, -0.15) is 0 Å². The van der Waals surface area contributed by atoms with E-state index in [-0.39, 0.29) is 0 Å². The van der Waals surface area contributed by atoms with Crippen LogP contribution in [-0.4, -0.2) is 0 Å². The summed E-state index contributed by atoms with van der Waals surface area (Å²) in [6, 6.07) is 9.42. The summed E-state index contributed by atoms with van der Waals surface area (Å²) in [7, 11) is 0. The predicted molar refractivity (Wildman–Crippen MR) is 66.4 cm³/mol. The van der Waals surface area contributed by atoms with Gasteiger partial charge in [0.15, 0.2) is 0 Å². The maximum absolute atomic E-state index is 2.41. The van der Waals surface area contributed by atoms with Crippen LogP contribution >= 0.6 is 0 Å². The Hall–Kier alpha value is -0.780. The molecule has 0 spiro atoms. The van der Waals surface area contributed by atoms with Crippen LogP contribution in [0.25, 0.3) is 0 Å². The van der Waals surface area contributed by atoms with Gasteiger partial charge in [0.05, 0.1) is 0 Å². The quantitative estimate of drug-likeness (QED) is 0.658. The molecule has 0 radical (unpaired) electrons. The Morgan fingerprint density at radius 2 is 1.56 bits per heavy atom. The zero-order chi connectivity index (χ0) is 10.8. The minimum absolute atomic E-state index is 0.601. The molecule has 0 aliphatic heterocycles. The third kappa shape index (κ3) is 1.11. The zero-order valence-electron chi connectivity index (χ0n) is 10.1. The number of hydrogen-bond acceptors (Lipinski definition) is 0. The van der Waals surface area contributed by atoms with Crippen molar-refractivity contribution >= 4 is 0 Å². The fraction of sp³-hybridized carbons (Fsp3) is 0.625. The molecule has 4 aliphatic carbocycles. The summed E-state index contributed by atoms with van der Waals surface area (Å²) in [6.45, 7) is 2.19. The van der Waals surface area contributed by atoms with Crippen molar-refractivity contribution in [1.82, 2.24) is 0 Å². The molecule has 84 valence electrons. The Bertz CT molecular complexity index is 395. The van der Waals surface area contributed by atoms with E-state index in [1.165, 1.54) is 24.8 Å². The Morgan fingerprint density at radius 1 is 0.938 bits per heavy atom. The number of aryl methyl sites for hydroxylation is 1. The molecule has 0 saturated heterocycles. The van der Waals surface area contributed by atoms with Crippen molar-refractivity contribution in [2.75, 3.05) is 0 Å². The molecule has 4 fully saturated rings. The van der Waals surface area contributed by atoms with E-state index in [1.807, 2.05) is 0 Å². The first-order valence-electron chi connectivity index (χ1n) is 6.82. The molecule has 0 heteroatoms. The molecule has 1 aromatic carbocycles. The lowest BCUT2D eigenvalue weighted by atomic mass is 9.66. The maximum atomic E-state index is 2.41. The first-order chi connectivity index (χ1) is 7.75. The van der Waals surface area contributed by atoms with Gasteiger partial charge in [-0.1, -0.05) is 29.8 Å². The summed E-state index contributed by atoms with van der Waals surface area (Å²) in [4.78, 5) is 0. The minimum atomic E-state index is 0.601. The van der Waals surface area contributed by atoms with Crippen LogP contribution in [0, 0.1) is 24.7 Å². The molecule has 0 aromatic heterocycles. The second-order valence-electron chi connectivity index (χ2n) is 6.62. The SMILES string of the molecule is Cc1ccc(C23CC4CC(C2)C(C4)C3)cc1. The van der Waals surface area contributed by atoms with Gasteiger partial charge in [0.1, 0.15) is 0 Å². The Kier molecular flexibility index (Phi) is 1.69.